The summed E-state index contributed by atoms with van der Waals surface area (Å²) >= 11 is 0. The van der Waals surface area contributed by atoms with Gasteiger partial charge in [0.2, 0.25) is 15.9 Å². The van der Waals surface area contributed by atoms with Gasteiger partial charge in [-0.15, -0.1) is 0 Å². The molecule has 0 fully saturated rings. The number of nitrogens with one attached hydrogen (secondary N) is 1. The van der Waals surface area contributed by atoms with Crippen LogP contribution in [0.2, 0.25) is 0 Å². The zero-order valence-corrected chi connectivity index (χ0v) is 12.9. The molecule has 118 valence electrons. The molecule has 1 amide bonds. The Bertz CT molecular complexity index is 588. The molecule has 1 aromatic rings. The number of anilines is 1. The molecule has 1 rings (SSSR count). The lowest BCUT2D eigenvalue weighted by molar-refractivity contribution is -0.116. The Morgan fingerprint density at radius 2 is 1.90 bits per heavy atom. The SMILES string of the molecule is CCCCCCCC(=O)Nc1ccc(S(N)(=O)=O)c(F)c1. The van der Waals surface area contributed by atoms with Crippen molar-refractivity contribution in [2.45, 2.75) is 50.3 Å². The fraction of sp³-hybridized carbons (Fsp3) is 0.500. The van der Waals surface area contributed by atoms with Gasteiger partial charge in [0.05, 0.1) is 0 Å². The standard InChI is InChI=1S/C14H21FN2O3S/c1-2-3-4-5-6-7-14(18)17-11-8-9-13(12(15)10-11)21(16,19)20/h8-10H,2-7H2,1H3,(H,17,18)(H2,16,19,20). The van der Waals surface area contributed by atoms with E-state index < -0.39 is 20.7 Å². The maximum atomic E-state index is 13.6. The highest BCUT2D eigenvalue weighted by molar-refractivity contribution is 7.89. The maximum absolute atomic E-state index is 13.6. The Labute approximate surface area is 124 Å². The molecular formula is C14H21FN2O3S. The van der Waals surface area contributed by atoms with Crippen molar-refractivity contribution in [2.24, 2.45) is 5.14 Å². The number of unbranched alkanes of at least 4 members (excludes halogenated alkanes) is 4. The number of nitrogens with two attached hydrogens (primary N) is 1. The first-order valence-corrected chi connectivity index (χ1v) is 8.51. The van der Waals surface area contributed by atoms with E-state index in [0.717, 1.165) is 44.2 Å². The lowest BCUT2D eigenvalue weighted by Gasteiger charge is -2.07. The van der Waals surface area contributed by atoms with Crippen molar-refractivity contribution in [1.82, 2.24) is 0 Å². The van der Waals surface area contributed by atoms with E-state index in [1.54, 1.807) is 0 Å². The maximum Gasteiger partial charge on any atom is 0.240 e. The molecule has 0 spiro atoms. The molecule has 21 heavy (non-hydrogen) atoms. The number of hydrogen-bond acceptors (Lipinski definition) is 3. The zero-order chi connectivity index (χ0) is 15.9. The van der Waals surface area contributed by atoms with Gasteiger partial charge in [0, 0.05) is 12.1 Å². The van der Waals surface area contributed by atoms with E-state index in [1.807, 2.05) is 0 Å². The van der Waals surface area contributed by atoms with Gasteiger partial charge in [0.25, 0.3) is 0 Å². The quantitative estimate of drug-likeness (QED) is 0.723. The van der Waals surface area contributed by atoms with Gasteiger partial charge in [-0.2, -0.15) is 0 Å². The van der Waals surface area contributed by atoms with E-state index in [0.29, 0.717) is 6.42 Å². The smallest absolute Gasteiger partial charge is 0.240 e. The highest BCUT2D eigenvalue weighted by atomic mass is 32.2. The van der Waals surface area contributed by atoms with Crippen molar-refractivity contribution < 1.29 is 17.6 Å². The first kappa shape index (κ1) is 17.6. The Balaban J connectivity index is 2.52. The van der Waals surface area contributed by atoms with Crippen LogP contribution in [0.1, 0.15) is 45.4 Å². The van der Waals surface area contributed by atoms with Crippen molar-refractivity contribution in [3.05, 3.63) is 24.0 Å². The number of primary sulfonamides is 1. The van der Waals surface area contributed by atoms with Crippen molar-refractivity contribution in [3.8, 4) is 0 Å². The molecular weight excluding hydrogens is 295 g/mol. The number of carbonyl (C=O) groups excluding carboxylic acids is 1. The molecule has 0 atom stereocenters. The Morgan fingerprint density at radius 3 is 2.48 bits per heavy atom. The summed E-state index contributed by atoms with van der Waals surface area (Å²) in [6, 6.07) is 3.31. The fourth-order valence-corrected chi connectivity index (χ4v) is 2.51. The summed E-state index contributed by atoms with van der Waals surface area (Å²) in [7, 11) is -4.09. The first-order chi connectivity index (χ1) is 9.84. The summed E-state index contributed by atoms with van der Waals surface area (Å²) in [6.07, 6.45) is 5.52. The van der Waals surface area contributed by atoms with Gasteiger partial charge >= 0.3 is 0 Å². The molecule has 0 radical (unpaired) electrons. The Kier molecular flexibility index (Phi) is 6.77. The minimum atomic E-state index is -4.09. The number of benzene rings is 1. The Hall–Kier alpha value is -1.47. The van der Waals surface area contributed by atoms with Crippen LogP contribution < -0.4 is 10.5 Å². The first-order valence-electron chi connectivity index (χ1n) is 6.96. The molecule has 0 saturated carbocycles. The minimum Gasteiger partial charge on any atom is -0.326 e. The van der Waals surface area contributed by atoms with Crippen LogP contribution in [-0.2, 0) is 14.8 Å². The predicted octanol–water partition coefficient (Wildman–Crippen LogP) is 2.77. The average molecular weight is 316 g/mol. The molecule has 0 aromatic heterocycles. The van der Waals surface area contributed by atoms with Crippen LogP contribution in [0.4, 0.5) is 10.1 Å². The van der Waals surface area contributed by atoms with E-state index in [9.17, 15) is 17.6 Å². The van der Waals surface area contributed by atoms with Gasteiger partial charge in [-0.05, 0) is 24.6 Å². The normalized spacial score (nSPS) is 11.4. The van der Waals surface area contributed by atoms with Crippen LogP contribution in [-0.4, -0.2) is 14.3 Å². The summed E-state index contributed by atoms with van der Waals surface area (Å²) < 4.78 is 35.7. The van der Waals surface area contributed by atoms with Crippen molar-refractivity contribution >= 4 is 21.6 Å². The number of rotatable bonds is 8. The van der Waals surface area contributed by atoms with Crippen LogP contribution in [0.3, 0.4) is 0 Å². The molecule has 3 N–H and O–H groups in total. The molecule has 0 bridgehead atoms. The third-order valence-electron chi connectivity index (χ3n) is 3.03. The minimum absolute atomic E-state index is 0.214. The third kappa shape index (κ3) is 6.22. The fourth-order valence-electron chi connectivity index (χ4n) is 1.92. The van der Waals surface area contributed by atoms with Crippen LogP contribution in [0.25, 0.3) is 0 Å². The molecule has 0 saturated heterocycles. The number of carbonyl (C=O) groups is 1. The third-order valence-corrected chi connectivity index (χ3v) is 3.97. The van der Waals surface area contributed by atoms with Gasteiger partial charge in [-0.3, -0.25) is 4.79 Å². The second-order valence-corrected chi connectivity index (χ2v) is 6.43. The lowest BCUT2D eigenvalue weighted by atomic mass is 10.1. The topological polar surface area (TPSA) is 89.3 Å². The van der Waals surface area contributed by atoms with Gasteiger partial charge < -0.3 is 5.32 Å². The number of halogens is 1. The summed E-state index contributed by atoms with van der Waals surface area (Å²) in [4.78, 5) is 11.1. The van der Waals surface area contributed by atoms with E-state index in [1.165, 1.54) is 6.07 Å². The molecule has 0 aliphatic carbocycles. The van der Waals surface area contributed by atoms with Gasteiger partial charge in [0.1, 0.15) is 10.7 Å². The molecule has 1 aromatic carbocycles. The predicted molar refractivity (Wildman–Crippen MR) is 79.8 cm³/mol. The largest absolute Gasteiger partial charge is 0.326 e. The highest BCUT2D eigenvalue weighted by Gasteiger charge is 2.15. The monoisotopic (exact) mass is 316 g/mol. The molecule has 7 heteroatoms. The van der Waals surface area contributed by atoms with Crippen molar-refractivity contribution in [3.63, 3.8) is 0 Å². The van der Waals surface area contributed by atoms with Crippen LogP contribution in [0.15, 0.2) is 23.1 Å². The summed E-state index contributed by atoms with van der Waals surface area (Å²) in [5.41, 5.74) is 0.221. The lowest BCUT2D eigenvalue weighted by Crippen LogP contribution is -2.15. The van der Waals surface area contributed by atoms with Gasteiger partial charge in [-0.25, -0.2) is 17.9 Å². The molecule has 0 aliphatic rings. The summed E-state index contributed by atoms with van der Waals surface area (Å²) in [6.45, 7) is 2.12. The van der Waals surface area contributed by atoms with Gasteiger partial charge in [-0.1, -0.05) is 32.6 Å². The van der Waals surface area contributed by atoms with Crippen LogP contribution in [0, 0.1) is 5.82 Å². The second-order valence-electron chi connectivity index (χ2n) is 4.90. The molecule has 0 heterocycles. The second kappa shape index (κ2) is 8.09. The molecule has 0 aliphatic heterocycles. The van der Waals surface area contributed by atoms with E-state index >= 15 is 0 Å². The highest BCUT2D eigenvalue weighted by Crippen LogP contribution is 2.18. The molecule has 0 unspecified atom stereocenters. The van der Waals surface area contributed by atoms with Crippen molar-refractivity contribution in [2.75, 3.05) is 5.32 Å². The number of hydrogen-bond donors (Lipinski definition) is 2. The van der Waals surface area contributed by atoms with Gasteiger partial charge in [0.15, 0.2) is 0 Å². The van der Waals surface area contributed by atoms with Crippen LogP contribution >= 0.6 is 0 Å². The van der Waals surface area contributed by atoms with Crippen LogP contribution in [0.5, 0.6) is 0 Å². The summed E-state index contributed by atoms with van der Waals surface area (Å²) in [5.74, 6) is -1.19. The number of sulfonamides is 1. The van der Waals surface area contributed by atoms with E-state index in [2.05, 4.69) is 12.2 Å². The van der Waals surface area contributed by atoms with Crippen molar-refractivity contribution in [1.29, 1.82) is 0 Å². The molecule has 5 nitrogen and oxygen atoms in total. The number of amides is 1. The zero-order valence-electron chi connectivity index (χ0n) is 12.1. The average Bonchev–Trinajstić information content (AvgIpc) is 2.37. The van der Waals surface area contributed by atoms with E-state index in [-0.39, 0.29) is 11.6 Å². The van der Waals surface area contributed by atoms with E-state index in [4.69, 9.17) is 5.14 Å². The Morgan fingerprint density at radius 1 is 1.24 bits per heavy atom. The summed E-state index contributed by atoms with van der Waals surface area (Å²) in [5, 5.41) is 7.40.